The van der Waals surface area contributed by atoms with Crippen LogP contribution in [0.5, 0.6) is 0 Å². The Morgan fingerprint density at radius 1 is 1.28 bits per heavy atom. The van der Waals surface area contributed by atoms with E-state index < -0.39 is 5.91 Å². The SMILES string of the molecule is CCNC(=NCc1ccc(C(N)=O)cc1)NCC(C)N1CCOCC1. The highest BCUT2D eigenvalue weighted by Crippen LogP contribution is 2.05. The Kier molecular flexibility index (Phi) is 7.69. The van der Waals surface area contributed by atoms with Gasteiger partial charge >= 0.3 is 0 Å². The maximum Gasteiger partial charge on any atom is 0.248 e. The molecule has 2 rings (SSSR count). The minimum atomic E-state index is -0.415. The van der Waals surface area contributed by atoms with Gasteiger partial charge in [-0.25, -0.2) is 4.99 Å². The predicted molar refractivity (Wildman–Crippen MR) is 99.6 cm³/mol. The Labute approximate surface area is 149 Å². The van der Waals surface area contributed by atoms with E-state index in [-0.39, 0.29) is 0 Å². The number of aliphatic imine (C=N–C) groups is 1. The Balaban J connectivity index is 1.87. The average Bonchev–Trinajstić information content (AvgIpc) is 2.64. The fourth-order valence-corrected chi connectivity index (χ4v) is 2.68. The number of rotatable bonds is 7. The molecule has 1 atom stereocenters. The van der Waals surface area contributed by atoms with Gasteiger partial charge in [0.1, 0.15) is 0 Å². The van der Waals surface area contributed by atoms with Crippen LogP contribution in [-0.2, 0) is 11.3 Å². The summed E-state index contributed by atoms with van der Waals surface area (Å²) in [6.45, 7) is 9.99. The molecule has 1 fully saturated rings. The summed E-state index contributed by atoms with van der Waals surface area (Å²) in [6.07, 6.45) is 0. The van der Waals surface area contributed by atoms with Crippen LogP contribution in [-0.4, -0.2) is 62.2 Å². The highest BCUT2D eigenvalue weighted by atomic mass is 16.5. The first-order valence-electron chi connectivity index (χ1n) is 8.83. The van der Waals surface area contributed by atoms with Crippen LogP contribution in [0.4, 0.5) is 0 Å². The van der Waals surface area contributed by atoms with Crippen molar-refractivity contribution in [2.45, 2.75) is 26.4 Å². The molecule has 7 heteroatoms. The first kappa shape index (κ1) is 19.2. The molecule has 0 saturated carbocycles. The van der Waals surface area contributed by atoms with Crippen LogP contribution < -0.4 is 16.4 Å². The molecular formula is C18H29N5O2. The molecule has 0 bridgehead atoms. The summed E-state index contributed by atoms with van der Waals surface area (Å²) in [5.41, 5.74) is 6.80. The van der Waals surface area contributed by atoms with Crippen LogP contribution in [0.2, 0.25) is 0 Å². The van der Waals surface area contributed by atoms with Crippen molar-refractivity contribution in [3.63, 3.8) is 0 Å². The molecule has 4 N–H and O–H groups in total. The van der Waals surface area contributed by atoms with E-state index in [4.69, 9.17) is 10.5 Å². The number of carbonyl (C=O) groups excluding carboxylic acids is 1. The van der Waals surface area contributed by atoms with Gasteiger partial charge in [-0.05, 0) is 31.5 Å². The van der Waals surface area contributed by atoms with Crippen LogP contribution in [0.1, 0.15) is 29.8 Å². The number of hydrogen-bond acceptors (Lipinski definition) is 4. The summed E-state index contributed by atoms with van der Waals surface area (Å²) in [7, 11) is 0. The van der Waals surface area contributed by atoms with Gasteiger partial charge < -0.3 is 21.1 Å². The monoisotopic (exact) mass is 347 g/mol. The van der Waals surface area contributed by atoms with Crippen molar-refractivity contribution in [2.75, 3.05) is 39.4 Å². The lowest BCUT2D eigenvalue weighted by atomic mass is 10.1. The average molecular weight is 347 g/mol. The first-order valence-corrected chi connectivity index (χ1v) is 8.83. The number of amides is 1. The summed E-state index contributed by atoms with van der Waals surface area (Å²) < 4.78 is 5.40. The van der Waals surface area contributed by atoms with Crippen molar-refractivity contribution < 1.29 is 9.53 Å². The number of nitrogens with two attached hydrogens (primary N) is 1. The molecule has 138 valence electrons. The molecule has 1 aliphatic heterocycles. The van der Waals surface area contributed by atoms with Crippen molar-refractivity contribution in [1.29, 1.82) is 0 Å². The lowest BCUT2D eigenvalue weighted by Crippen LogP contribution is -2.49. The number of primary amides is 1. The van der Waals surface area contributed by atoms with E-state index >= 15 is 0 Å². The molecule has 1 saturated heterocycles. The number of benzene rings is 1. The van der Waals surface area contributed by atoms with E-state index in [2.05, 4.69) is 27.4 Å². The molecule has 0 radical (unpaired) electrons. The number of nitrogens with one attached hydrogen (secondary N) is 2. The number of ether oxygens (including phenoxy) is 1. The van der Waals surface area contributed by atoms with Gasteiger partial charge in [0.05, 0.1) is 19.8 Å². The van der Waals surface area contributed by atoms with Gasteiger partial charge in [-0.3, -0.25) is 9.69 Å². The number of hydrogen-bond donors (Lipinski definition) is 3. The fourth-order valence-electron chi connectivity index (χ4n) is 2.68. The third kappa shape index (κ3) is 6.36. The number of morpholine rings is 1. The van der Waals surface area contributed by atoms with Crippen LogP contribution in [0, 0.1) is 0 Å². The molecule has 7 nitrogen and oxygen atoms in total. The summed E-state index contributed by atoms with van der Waals surface area (Å²) in [5.74, 6) is 0.378. The molecular weight excluding hydrogens is 318 g/mol. The number of guanidine groups is 1. The Morgan fingerprint density at radius 3 is 2.56 bits per heavy atom. The van der Waals surface area contributed by atoms with E-state index in [0.29, 0.717) is 18.2 Å². The molecule has 0 spiro atoms. The van der Waals surface area contributed by atoms with Crippen molar-refractivity contribution >= 4 is 11.9 Å². The zero-order valence-corrected chi connectivity index (χ0v) is 15.1. The minimum Gasteiger partial charge on any atom is -0.379 e. The molecule has 1 unspecified atom stereocenters. The van der Waals surface area contributed by atoms with Crippen LogP contribution in [0.15, 0.2) is 29.3 Å². The van der Waals surface area contributed by atoms with Crippen molar-refractivity contribution in [3.8, 4) is 0 Å². The Hall–Kier alpha value is -2.12. The second-order valence-electron chi connectivity index (χ2n) is 6.13. The topological polar surface area (TPSA) is 92.0 Å². The maximum atomic E-state index is 11.1. The second-order valence-corrected chi connectivity index (χ2v) is 6.13. The largest absolute Gasteiger partial charge is 0.379 e. The zero-order valence-electron chi connectivity index (χ0n) is 15.1. The van der Waals surface area contributed by atoms with Gasteiger partial charge in [0.25, 0.3) is 0 Å². The third-order valence-corrected chi connectivity index (χ3v) is 4.24. The normalized spacial score (nSPS) is 17.1. The maximum absolute atomic E-state index is 11.1. The van der Waals surface area contributed by atoms with Gasteiger partial charge in [0, 0.05) is 37.8 Å². The van der Waals surface area contributed by atoms with Gasteiger partial charge in [-0.2, -0.15) is 0 Å². The summed E-state index contributed by atoms with van der Waals surface area (Å²) in [6, 6.07) is 7.64. The fraction of sp³-hybridized carbons (Fsp3) is 0.556. The lowest BCUT2D eigenvalue weighted by Gasteiger charge is -2.32. The Morgan fingerprint density at radius 2 is 1.96 bits per heavy atom. The standard InChI is InChI=1S/C18H29N5O2/c1-3-20-18(21-12-14(2)23-8-10-25-11-9-23)22-13-15-4-6-16(7-5-15)17(19)24/h4-7,14H,3,8-13H2,1-2H3,(H2,19,24)(H2,20,21,22). The van der Waals surface area contributed by atoms with Crippen molar-refractivity contribution in [2.24, 2.45) is 10.7 Å². The van der Waals surface area contributed by atoms with E-state index in [1.54, 1.807) is 12.1 Å². The van der Waals surface area contributed by atoms with E-state index in [1.807, 2.05) is 19.1 Å². The Bertz CT molecular complexity index is 567. The number of nitrogens with zero attached hydrogens (tertiary/aromatic N) is 2. The van der Waals surface area contributed by atoms with Gasteiger partial charge in [-0.1, -0.05) is 12.1 Å². The van der Waals surface area contributed by atoms with E-state index in [9.17, 15) is 4.79 Å². The van der Waals surface area contributed by atoms with Crippen LogP contribution in [0.25, 0.3) is 0 Å². The molecule has 1 heterocycles. The molecule has 1 aliphatic rings. The molecule has 1 amide bonds. The smallest absolute Gasteiger partial charge is 0.248 e. The molecule has 1 aromatic carbocycles. The highest BCUT2D eigenvalue weighted by Gasteiger charge is 2.16. The molecule has 0 aliphatic carbocycles. The van der Waals surface area contributed by atoms with Crippen molar-refractivity contribution in [3.05, 3.63) is 35.4 Å². The van der Waals surface area contributed by atoms with Crippen molar-refractivity contribution in [1.82, 2.24) is 15.5 Å². The number of carbonyl (C=O) groups is 1. The van der Waals surface area contributed by atoms with Gasteiger partial charge in [0.2, 0.25) is 5.91 Å². The second kappa shape index (κ2) is 10.0. The summed E-state index contributed by atoms with van der Waals surface area (Å²) in [5, 5.41) is 6.66. The molecule has 0 aromatic heterocycles. The van der Waals surface area contributed by atoms with Crippen LogP contribution in [0.3, 0.4) is 0 Å². The van der Waals surface area contributed by atoms with E-state index in [0.717, 1.165) is 50.9 Å². The molecule has 25 heavy (non-hydrogen) atoms. The quantitative estimate of drug-likeness (QED) is 0.495. The minimum absolute atomic E-state index is 0.415. The predicted octanol–water partition coefficient (Wildman–Crippen LogP) is 0.561. The highest BCUT2D eigenvalue weighted by molar-refractivity contribution is 5.92. The summed E-state index contributed by atoms with van der Waals surface area (Å²) in [4.78, 5) is 18.1. The van der Waals surface area contributed by atoms with E-state index in [1.165, 1.54) is 0 Å². The summed E-state index contributed by atoms with van der Waals surface area (Å²) >= 11 is 0. The van der Waals surface area contributed by atoms with Crippen LogP contribution >= 0.6 is 0 Å². The first-order chi connectivity index (χ1) is 12.1. The molecule has 1 aromatic rings. The lowest BCUT2D eigenvalue weighted by molar-refractivity contribution is 0.0211. The zero-order chi connectivity index (χ0) is 18.1. The third-order valence-electron chi connectivity index (χ3n) is 4.24. The van der Waals surface area contributed by atoms with Gasteiger partial charge in [0.15, 0.2) is 5.96 Å². The van der Waals surface area contributed by atoms with Gasteiger partial charge in [-0.15, -0.1) is 0 Å².